The number of carbonyl (C=O) groups excluding carboxylic acids is 1. The molecule has 1 heterocycles. The number of nitrogens with one attached hydrogen (secondary N) is 2. The predicted octanol–water partition coefficient (Wildman–Crippen LogP) is 2.04. The van der Waals surface area contributed by atoms with E-state index in [2.05, 4.69) is 10.6 Å². The number of benzene rings is 1. The fraction of sp³-hybridized carbons (Fsp3) is 0.417. The second kappa shape index (κ2) is 5.02. The van der Waals surface area contributed by atoms with Crippen LogP contribution >= 0.6 is 11.6 Å². The summed E-state index contributed by atoms with van der Waals surface area (Å²) >= 11 is 5.93. The van der Waals surface area contributed by atoms with Gasteiger partial charge in [0.1, 0.15) is 0 Å². The van der Waals surface area contributed by atoms with E-state index in [1.54, 1.807) is 31.2 Å². The molecule has 19 heavy (non-hydrogen) atoms. The molecule has 1 atom stereocenters. The SMILES string of the molecule is C[C@@]1(NC(=O)Nc2ccccc2Cl)CCS(=O)(=O)C1. The first kappa shape index (κ1) is 14.1. The summed E-state index contributed by atoms with van der Waals surface area (Å²) in [6.07, 6.45) is 0.422. The molecule has 1 saturated heterocycles. The van der Waals surface area contributed by atoms with Gasteiger partial charge in [-0.25, -0.2) is 13.2 Å². The molecule has 1 fully saturated rings. The first-order valence-electron chi connectivity index (χ1n) is 5.84. The maximum atomic E-state index is 11.9. The topological polar surface area (TPSA) is 75.3 Å². The molecule has 1 aromatic carbocycles. The van der Waals surface area contributed by atoms with Gasteiger partial charge in [0.05, 0.1) is 27.8 Å². The normalized spacial score (nSPS) is 24.9. The summed E-state index contributed by atoms with van der Waals surface area (Å²) in [7, 11) is -3.05. The molecule has 7 heteroatoms. The van der Waals surface area contributed by atoms with E-state index in [-0.39, 0.29) is 11.5 Å². The first-order valence-corrected chi connectivity index (χ1v) is 8.04. The van der Waals surface area contributed by atoms with Gasteiger partial charge >= 0.3 is 6.03 Å². The number of halogens is 1. The van der Waals surface area contributed by atoms with Crippen molar-refractivity contribution in [2.24, 2.45) is 0 Å². The molecule has 0 aliphatic carbocycles. The Morgan fingerprint density at radius 1 is 1.37 bits per heavy atom. The molecule has 2 N–H and O–H groups in total. The Morgan fingerprint density at radius 2 is 2.05 bits per heavy atom. The summed E-state index contributed by atoms with van der Waals surface area (Å²) in [5, 5.41) is 5.74. The second-order valence-electron chi connectivity index (χ2n) is 4.96. The van der Waals surface area contributed by atoms with E-state index in [4.69, 9.17) is 11.6 Å². The van der Waals surface area contributed by atoms with Crippen LogP contribution in [-0.4, -0.2) is 31.5 Å². The lowest BCUT2D eigenvalue weighted by molar-refractivity contribution is 0.242. The second-order valence-corrected chi connectivity index (χ2v) is 7.55. The molecule has 0 unspecified atom stereocenters. The number of anilines is 1. The summed E-state index contributed by atoms with van der Waals surface area (Å²) in [5.41, 5.74) is -0.226. The fourth-order valence-corrected chi connectivity index (χ4v) is 4.38. The molecule has 0 radical (unpaired) electrons. The maximum Gasteiger partial charge on any atom is 0.319 e. The Labute approximate surface area is 117 Å². The van der Waals surface area contributed by atoms with Crippen molar-refractivity contribution in [1.82, 2.24) is 5.32 Å². The molecule has 5 nitrogen and oxygen atoms in total. The molecule has 2 rings (SSSR count). The molecule has 1 aliphatic rings. The maximum absolute atomic E-state index is 11.9. The van der Waals surface area contributed by atoms with Gasteiger partial charge in [0.2, 0.25) is 0 Å². The number of urea groups is 1. The van der Waals surface area contributed by atoms with Crippen molar-refractivity contribution >= 4 is 33.2 Å². The van der Waals surface area contributed by atoms with Gasteiger partial charge in [-0.05, 0) is 25.5 Å². The largest absolute Gasteiger partial charge is 0.332 e. The molecule has 0 aromatic heterocycles. The smallest absolute Gasteiger partial charge is 0.319 e. The Balaban J connectivity index is 2.01. The van der Waals surface area contributed by atoms with Gasteiger partial charge in [0.15, 0.2) is 9.84 Å². The van der Waals surface area contributed by atoms with Gasteiger partial charge in [-0.15, -0.1) is 0 Å². The average molecular weight is 303 g/mol. The highest BCUT2D eigenvalue weighted by Crippen LogP contribution is 2.24. The first-order chi connectivity index (χ1) is 8.80. The zero-order valence-corrected chi connectivity index (χ0v) is 12.0. The van der Waals surface area contributed by atoms with Crippen LogP contribution in [0.2, 0.25) is 5.02 Å². The van der Waals surface area contributed by atoms with Crippen molar-refractivity contribution in [2.75, 3.05) is 16.8 Å². The zero-order chi connectivity index (χ0) is 14.1. The van der Waals surface area contributed by atoms with E-state index >= 15 is 0 Å². The summed E-state index contributed by atoms with van der Waals surface area (Å²) in [5.74, 6) is 0.0752. The van der Waals surface area contributed by atoms with Crippen LogP contribution in [0, 0.1) is 0 Å². The number of amides is 2. The van der Waals surface area contributed by atoms with E-state index < -0.39 is 21.4 Å². The lowest BCUT2D eigenvalue weighted by atomic mass is 10.0. The Bertz CT molecular complexity index is 603. The standard InChI is InChI=1S/C12H15ClN2O3S/c1-12(6-7-19(17,18)8-12)15-11(16)14-10-5-3-2-4-9(10)13/h2-5H,6-8H2,1H3,(H2,14,15,16)/t12-/m1/s1. The van der Waals surface area contributed by atoms with Crippen LogP contribution in [0.5, 0.6) is 0 Å². The van der Waals surface area contributed by atoms with E-state index in [0.29, 0.717) is 17.1 Å². The monoisotopic (exact) mass is 302 g/mol. The lowest BCUT2D eigenvalue weighted by Gasteiger charge is -2.24. The summed E-state index contributed by atoms with van der Waals surface area (Å²) in [4.78, 5) is 11.9. The quantitative estimate of drug-likeness (QED) is 0.878. The Hall–Kier alpha value is -1.27. The van der Waals surface area contributed by atoms with E-state index in [1.807, 2.05) is 0 Å². The van der Waals surface area contributed by atoms with Crippen LogP contribution in [0.3, 0.4) is 0 Å². The van der Waals surface area contributed by atoms with Crippen LogP contribution < -0.4 is 10.6 Å². The molecular formula is C12H15ClN2O3S. The highest BCUT2D eigenvalue weighted by Gasteiger charge is 2.39. The van der Waals surface area contributed by atoms with E-state index in [1.165, 1.54) is 0 Å². The van der Waals surface area contributed by atoms with Gasteiger partial charge in [0.25, 0.3) is 0 Å². The van der Waals surface area contributed by atoms with Crippen molar-refractivity contribution in [1.29, 1.82) is 0 Å². The lowest BCUT2D eigenvalue weighted by Crippen LogP contribution is -2.48. The fourth-order valence-electron chi connectivity index (χ4n) is 2.10. The minimum Gasteiger partial charge on any atom is -0.332 e. The summed E-state index contributed by atoms with van der Waals surface area (Å²) in [6, 6.07) is 6.40. The van der Waals surface area contributed by atoms with Crippen LogP contribution in [0.15, 0.2) is 24.3 Å². The third-order valence-corrected chi connectivity index (χ3v) is 5.27. The Kier molecular flexibility index (Phi) is 3.73. The van der Waals surface area contributed by atoms with Crippen LogP contribution in [0.25, 0.3) is 0 Å². The highest BCUT2D eigenvalue weighted by molar-refractivity contribution is 7.91. The molecule has 2 amide bonds. The predicted molar refractivity (Wildman–Crippen MR) is 75.3 cm³/mol. The zero-order valence-electron chi connectivity index (χ0n) is 10.4. The third-order valence-electron chi connectivity index (χ3n) is 3.04. The van der Waals surface area contributed by atoms with Crippen molar-refractivity contribution in [3.63, 3.8) is 0 Å². The van der Waals surface area contributed by atoms with Crippen LogP contribution in [0.4, 0.5) is 10.5 Å². The molecule has 0 spiro atoms. The number of sulfone groups is 1. The average Bonchev–Trinajstić information content (AvgIpc) is 2.56. The van der Waals surface area contributed by atoms with Crippen molar-refractivity contribution in [2.45, 2.75) is 18.9 Å². The minimum absolute atomic E-state index is 0.0318. The van der Waals surface area contributed by atoms with Gasteiger partial charge in [0, 0.05) is 0 Å². The van der Waals surface area contributed by atoms with Gasteiger partial charge in [-0.3, -0.25) is 0 Å². The van der Waals surface area contributed by atoms with Crippen molar-refractivity contribution in [3.8, 4) is 0 Å². The van der Waals surface area contributed by atoms with E-state index in [9.17, 15) is 13.2 Å². The molecule has 0 saturated carbocycles. The number of hydrogen-bond acceptors (Lipinski definition) is 3. The third kappa shape index (κ3) is 3.61. The number of hydrogen-bond donors (Lipinski definition) is 2. The highest BCUT2D eigenvalue weighted by atomic mass is 35.5. The van der Waals surface area contributed by atoms with Gasteiger partial charge < -0.3 is 10.6 Å². The molecule has 0 bridgehead atoms. The minimum atomic E-state index is -3.05. The number of rotatable bonds is 2. The number of carbonyl (C=O) groups is 1. The summed E-state index contributed by atoms with van der Waals surface area (Å²) in [6.45, 7) is 1.73. The van der Waals surface area contributed by atoms with Crippen molar-refractivity contribution < 1.29 is 13.2 Å². The number of para-hydroxylation sites is 1. The molecular weight excluding hydrogens is 288 g/mol. The van der Waals surface area contributed by atoms with Crippen LogP contribution in [-0.2, 0) is 9.84 Å². The molecule has 104 valence electrons. The molecule has 1 aromatic rings. The van der Waals surface area contributed by atoms with Crippen molar-refractivity contribution in [3.05, 3.63) is 29.3 Å². The molecule has 1 aliphatic heterocycles. The Morgan fingerprint density at radius 3 is 2.63 bits per heavy atom. The van der Waals surface area contributed by atoms with Gasteiger partial charge in [-0.2, -0.15) is 0 Å². The van der Waals surface area contributed by atoms with Gasteiger partial charge in [-0.1, -0.05) is 23.7 Å². The van der Waals surface area contributed by atoms with E-state index in [0.717, 1.165) is 0 Å². The van der Waals surface area contributed by atoms with Crippen LogP contribution in [0.1, 0.15) is 13.3 Å². The summed E-state index contributed by atoms with van der Waals surface area (Å²) < 4.78 is 22.9.